The summed E-state index contributed by atoms with van der Waals surface area (Å²) in [6, 6.07) is 0.213. The summed E-state index contributed by atoms with van der Waals surface area (Å²) >= 11 is 0. The van der Waals surface area contributed by atoms with E-state index in [0.717, 1.165) is 19.3 Å². The van der Waals surface area contributed by atoms with Gasteiger partial charge >= 0.3 is 0 Å². The van der Waals surface area contributed by atoms with Crippen molar-refractivity contribution in [2.24, 2.45) is 5.73 Å². The molecule has 1 heterocycles. The minimum absolute atomic E-state index is 0.0202. The predicted molar refractivity (Wildman–Crippen MR) is 61.7 cm³/mol. The molecule has 1 aliphatic rings. The number of hydrogen-bond acceptors (Lipinski definition) is 3. The Morgan fingerprint density at radius 1 is 1.25 bits per heavy atom. The molecule has 16 heavy (non-hydrogen) atoms. The SMILES string of the molecule is CC(N)CCCCN1CC(=O)N(C)CC1=O. The maximum atomic E-state index is 11.6. The van der Waals surface area contributed by atoms with Gasteiger partial charge in [0, 0.05) is 19.6 Å². The first-order chi connectivity index (χ1) is 7.50. The van der Waals surface area contributed by atoms with E-state index in [1.165, 1.54) is 4.90 Å². The summed E-state index contributed by atoms with van der Waals surface area (Å²) < 4.78 is 0. The molecule has 1 fully saturated rings. The Morgan fingerprint density at radius 2 is 1.94 bits per heavy atom. The van der Waals surface area contributed by atoms with Crippen LogP contribution in [0.4, 0.5) is 0 Å². The van der Waals surface area contributed by atoms with Crippen LogP contribution in [-0.2, 0) is 9.59 Å². The zero-order valence-electron chi connectivity index (χ0n) is 10.1. The van der Waals surface area contributed by atoms with Gasteiger partial charge in [0.05, 0.1) is 13.1 Å². The summed E-state index contributed by atoms with van der Waals surface area (Å²) in [6.45, 7) is 3.09. The van der Waals surface area contributed by atoms with Gasteiger partial charge in [-0.25, -0.2) is 0 Å². The molecular weight excluding hydrogens is 206 g/mol. The fourth-order valence-corrected chi connectivity index (χ4v) is 1.74. The first-order valence-electron chi connectivity index (χ1n) is 5.78. The highest BCUT2D eigenvalue weighted by molar-refractivity contribution is 5.92. The van der Waals surface area contributed by atoms with Gasteiger partial charge in [-0.15, -0.1) is 0 Å². The molecule has 0 aromatic carbocycles. The van der Waals surface area contributed by atoms with Crippen LogP contribution >= 0.6 is 0 Å². The average molecular weight is 227 g/mol. The van der Waals surface area contributed by atoms with Gasteiger partial charge < -0.3 is 15.5 Å². The maximum absolute atomic E-state index is 11.6. The standard InChI is InChI=1S/C11H21N3O2/c1-9(12)5-3-4-6-14-8-10(15)13(2)7-11(14)16/h9H,3-8,12H2,1-2H3. The fraction of sp³-hybridized carbons (Fsp3) is 0.818. The highest BCUT2D eigenvalue weighted by Crippen LogP contribution is 2.06. The molecular formula is C11H21N3O2. The van der Waals surface area contributed by atoms with Gasteiger partial charge in [0.15, 0.2) is 0 Å². The molecule has 2 amide bonds. The van der Waals surface area contributed by atoms with Gasteiger partial charge in [0.2, 0.25) is 11.8 Å². The van der Waals surface area contributed by atoms with Gasteiger partial charge in [-0.2, -0.15) is 0 Å². The third-order valence-corrected chi connectivity index (χ3v) is 2.81. The van der Waals surface area contributed by atoms with E-state index < -0.39 is 0 Å². The number of nitrogens with two attached hydrogens (primary N) is 1. The van der Waals surface area contributed by atoms with E-state index in [9.17, 15) is 9.59 Å². The summed E-state index contributed by atoms with van der Waals surface area (Å²) in [5.41, 5.74) is 5.64. The Labute approximate surface area is 96.6 Å². The minimum atomic E-state index is 0.0202. The monoisotopic (exact) mass is 227 g/mol. The molecule has 5 heteroatoms. The highest BCUT2D eigenvalue weighted by Gasteiger charge is 2.26. The first kappa shape index (κ1) is 13.0. The average Bonchev–Trinajstić information content (AvgIpc) is 2.19. The number of nitrogens with zero attached hydrogens (tertiary/aromatic N) is 2. The Morgan fingerprint density at radius 3 is 2.56 bits per heavy atom. The lowest BCUT2D eigenvalue weighted by molar-refractivity contribution is -0.148. The van der Waals surface area contributed by atoms with Gasteiger partial charge in [-0.1, -0.05) is 6.42 Å². The molecule has 0 aromatic rings. The lowest BCUT2D eigenvalue weighted by Gasteiger charge is -2.31. The number of likely N-dealkylation sites (N-methyl/N-ethyl adjacent to an activating group) is 1. The summed E-state index contributed by atoms with van der Waals surface area (Å²) in [5, 5.41) is 0. The molecule has 92 valence electrons. The molecule has 0 bridgehead atoms. The van der Waals surface area contributed by atoms with Crippen LogP contribution in [0.1, 0.15) is 26.2 Å². The molecule has 5 nitrogen and oxygen atoms in total. The number of unbranched alkanes of at least 4 members (excludes halogenated alkanes) is 1. The van der Waals surface area contributed by atoms with Gasteiger partial charge in [-0.05, 0) is 19.8 Å². The van der Waals surface area contributed by atoms with Crippen LogP contribution in [0.5, 0.6) is 0 Å². The van der Waals surface area contributed by atoms with Crippen molar-refractivity contribution in [3.63, 3.8) is 0 Å². The number of hydrogen-bond donors (Lipinski definition) is 1. The summed E-state index contributed by atoms with van der Waals surface area (Å²) in [4.78, 5) is 26.1. The van der Waals surface area contributed by atoms with E-state index in [2.05, 4.69) is 0 Å². The molecule has 1 aliphatic heterocycles. The molecule has 0 aromatic heterocycles. The number of carbonyl (C=O) groups excluding carboxylic acids is 2. The normalized spacial score (nSPS) is 19.2. The van der Waals surface area contributed by atoms with E-state index in [1.807, 2.05) is 6.92 Å². The Hall–Kier alpha value is -1.10. The molecule has 1 rings (SSSR count). The second-order valence-electron chi connectivity index (χ2n) is 4.54. The Kier molecular flexibility index (Phi) is 4.73. The van der Waals surface area contributed by atoms with Crippen LogP contribution < -0.4 is 5.73 Å². The number of amides is 2. The van der Waals surface area contributed by atoms with Crippen molar-refractivity contribution in [2.75, 3.05) is 26.7 Å². The van der Waals surface area contributed by atoms with E-state index in [-0.39, 0.29) is 30.9 Å². The van der Waals surface area contributed by atoms with Gasteiger partial charge in [-0.3, -0.25) is 9.59 Å². The van der Waals surface area contributed by atoms with Crippen molar-refractivity contribution in [2.45, 2.75) is 32.2 Å². The highest BCUT2D eigenvalue weighted by atomic mass is 16.2. The van der Waals surface area contributed by atoms with Crippen LogP contribution in [0.2, 0.25) is 0 Å². The molecule has 2 N–H and O–H groups in total. The van der Waals surface area contributed by atoms with Crippen LogP contribution in [0.15, 0.2) is 0 Å². The van der Waals surface area contributed by atoms with E-state index in [0.29, 0.717) is 6.54 Å². The topological polar surface area (TPSA) is 66.6 Å². The minimum Gasteiger partial charge on any atom is -0.335 e. The van der Waals surface area contributed by atoms with Gasteiger partial charge in [0.1, 0.15) is 0 Å². The number of rotatable bonds is 5. The predicted octanol–water partition coefficient (Wildman–Crippen LogP) is -0.195. The second-order valence-corrected chi connectivity index (χ2v) is 4.54. The van der Waals surface area contributed by atoms with Crippen molar-refractivity contribution in [3.05, 3.63) is 0 Å². The fourth-order valence-electron chi connectivity index (χ4n) is 1.74. The van der Waals surface area contributed by atoms with E-state index in [4.69, 9.17) is 5.73 Å². The lowest BCUT2D eigenvalue weighted by Crippen LogP contribution is -2.52. The van der Waals surface area contributed by atoms with Crippen LogP contribution in [0, 0.1) is 0 Å². The molecule has 1 atom stereocenters. The van der Waals surface area contributed by atoms with Crippen LogP contribution in [0.25, 0.3) is 0 Å². The van der Waals surface area contributed by atoms with Crippen LogP contribution in [-0.4, -0.2) is 54.3 Å². The third kappa shape index (κ3) is 3.81. The zero-order valence-corrected chi connectivity index (χ0v) is 10.1. The van der Waals surface area contributed by atoms with Crippen molar-refractivity contribution in [1.29, 1.82) is 0 Å². The van der Waals surface area contributed by atoms with E-state index >= 15 is 0 Å². The summed E-state index contributed by atoms with van der Waals surface area (Å²) in [7, 11) is 1.66. The first-order valence-corrected chi connectivity index (χ1v) is 5.78. The molecule has 0 radical (unpaired) electrons. The smallest absolute Gasteiger partial charge is 0.242 e. The van der Waals surface area contributed by atoms with Crippen molar-refractivity contribution in [1.82, 2.24) is 9.80 Å². The molecule has 1 saturated heterocycles. The van der Waals surface area contributed by atoms with E-state index in [1.54, 1.807) is 11.9 Å². The van der Waals surface area contributed by atoms with Crippen molar-refractivity contribution < 1.29 is 9.59 Å². The van der Waals surface area contributed by atoms with Crippen molar-refractivity contribution >= 4 is 11.8 Å². The van der Waals surface area contributed by atoms with Gasteiger partial charge in [0.25, 0.3) is 0 Å². The zero-order chi connectivity index (χ0) is 12.1. The summed E-state index contributed by atoms with van der Waals surface area (Å²) in [5.74, 6) is 0.0645. The lowest BCUT2D eigenvalue weighted by atomic mass is 10.1. The second kappa shape index (κ2) is 5.84. The molecule has 0 saturated carbocycles. The quantitative estimate of drug-likeness (QED) is 0.662. The third-order valence-electron chi connectivity index (χ3n) is 2.81. The molecule has 0 spiro atoms. The Balaban J connectivity index is 2.26. The van der Waals surface area contributed by atoms with Crippen LogP contribution in [0.3, 0.4) is 0 Å². The largest absolute Gasteiger partial charge is 0.335 e. The summed E-state index contributed by atoms with van der Waals surface area (Å²) in [6.07, 6.45) is 2.89. The number of piperazine rings is 1. The van der Waals surface area contributed by atoms with Crippen molar-refractivity contribution in [3.8, 4) is 0 Å². The number of carbonyl (C=O) groups is 2. The maximum Gasteiger partial charge on any atom is 0.242 e. The molecule has 0 aliphatic carbocycles. The Bertz CT molecular complexity index is 266. The molecule has 1 unspecified atom stereocenters.